The maximum atomic E-state index is 2.42. The Morgan fingerprint density at radius 2 is 1.23 bits per heavy atom. The van der Waals surface area contributed by atoms with Crippen LogP contribution in [0.5, 0.6) is 0 Å². The Labute approximate surface area is 85.1 Å². The minimum Gasteiger partial charge on any atom is -0.0651 e. The zero-order valence-corrected chi connectivity index (χ0v) is 10.4. The molecule has 0 rings (SSSR count). The molecular formula is C13H28. The van der Waals surface area contributed by atoms with E-state index in [4.69, 9.17) is 0 Å². The van der Waals surface area contributed by atoms with Crippen molar-refractivity contribution < 1.29 is 0 Å². The van der Waals surface area contributed by atoms with Crippen molar-refractivity contribution in [2.75, 3.05) is 0 Å². The average molecular weight is 184 g/mol. The van der Waals surface area contributed by atoms with E-state index in [1.165, 1.54) is 19.3 Å². The highest BCUT2D eigenvalue weighted by Crippen LogP contribution is 2.26. The van der Waals surface area contributed by atoms with Crippen LogP contribution in [0.4, 0.5) is 0 Å². The summed E-state index contributed by atoms with van der Waals surface area (Å²) in [5.41, 5.74) is 0. The highest BCUT2D eigenvalue weighted by Gasteiger charge is 2.15. The highest BCUT2D eigenvalue weighted by atomic mass is 14.2. The predicted molar refractivity (Wildman–Crippen MR) is 61.9 cm³/mol. The lowest BCUT2D eigenvalue weighted by molar-refractivity contribution is 0.273. The van der Waals surface area contributed by atoms with Gasteiger partial charge in [0.1, 0.15) is 0 Å². The van der Waals surface area contributed by atoms with Gasteiger partial charge in [-0.1, -0.05) is 48.0 Å². The first kappa shape index (κ1) is 13.0. The van der Waals surface area contributed by atoms with Crippen LogP contribution < -0.4 is 0 Å². The second-order valence-electron chi connectivity index (χ2n) is 5.33. The summed E-state index contributed by atoms with van der Waals surface area (Å²) in [5.74, 6) is 3.56. The first-order valence-electron chi connectivity index (χ1n) is 5.97. The molecule has 0 aromatic rings. The summed E-state index contributed by atoms with van der Waals surface area (Å²) in [6.45, 7) is 14.1. The monoisotopic (exact) mass is 184 g/mol. The molecule has 3 unspecified atom stereocenters. The Morgan fingerprint density at radius 3 is 1.62 bits per heavy atom. The third-order valence-corrected chi connectivity index (χ3v) is 3.29. The van der Waals surface area contributed by atoms with Crippen molar-refractivity contribution in [1.82, 2.24) is 0 Å². The molecule has 0 heterocycles. The molecule has 0 aliphatic heterocycles. The van der Waals surface area contributed by atoms with Crippen molar-refractivity contribution in [3.05, 3.63) is 0 Å². The van der Waals surface area contributed by atoms with E-state index in [0.717, 1.165) is 23.7 Å². The number of hydrogen-bond acceptors (Lipinski definition) is 0. The minimum atomic E-state index is 0.856. The van der Waals surface area contributed by atoms with Gasteiger partial charge in [-0.15, -0.1) is 0 Å². The molecule has 0 saturated heterocycles. The van der Waals surface area contributed by atoms with E-state index in [-0.39, 0.29) is 0 Å². The first-order valence-corrected chi connectivity index (χ1v) is 5.97. The summed E-state index contributed by atoms with van der Waals surface area (Å²) < 4.78 is 0. The normalized spacial score (nSPS) is 18.7. The van der Waals surface area contributed by atoms with Gasteiger partial charge in [0.05, 0.1) is 0 Å². The standard InChI is InChI=1S/C13H28/c1-7-11(4)9-13(6)12(5)8-10(2)3/h10-13H,7-9H2,1-6H3. The molecule has 0 nitrogen and oxygen atoms in total. The molecule has 0 aromatic carbocycles. The molecule has 0 aliphatic carbocycles. The zero-order chi connectivity index (χ0) is 10.4. The Balaban J connectivity index is 3.74. The third-order valence-electron chi connectivity index (χ3n) is 3.29. The summed E-state index contributed by atoms with van der Waals surface area (Å²) in [5, 5.41) is 0. The Bertz CT molecular complexity index is 115. The van der Waals surface area contributed by atoms with Crippen molar-refractivity contribution >= 4 is 0 Å². The van der Waals surface area contributed by atoms with Crippen LogP contribution in [0.2, 0.25) is 0 Å². The molecule has 0 aliphatic rings. The molecule has 0 radical (unpaired) electrons. The largest absolute Gasteiger partial charge is 0.0651 e. The smallest absolute Gasteiger partial charge is 0.0414 e. The Hall–Kier alpha value is 0. The summed E-state index contributed by atoms with van der Waals surface area (Å²) in [7, 11) is 0. The highest BCUT2D eigenvalue weighted by molar-refractivity contribution is 4.66. The molecule has 0 saturated carbocycles. The van der Waals surface area contributed by atoms with Crippen LogP contribution >= 0.6 is 0 Å². The topological polar surface area (TPSA) is 0 Å². The minimum absolute atomic E-state index is 0.856. The van der Waals surface area contributed by atoms with E-state index >= 15 is 0 Å². The van der Waals surface area contributed by atoms with Crippen LogP contribution in [0.15, 0.2) is 0 Å². The Kier molecular flexibility index (Phi) is 6.45. The lowest BCUT2D eigenvalue weighted by Crippen LogP contribution is -2.13. The quantitative estimate of drug-likeness (QED) is 0.559. The van der Waals surface area contributed by atoms with Crippen molar-refractivity contribution in [2.24, 2.45) is 23.7 Å². The summed E-state index contributed by atoms with van der Waals surface area (Å²) in [6, 6.07) is 0. The van der Waals surface area contributed by atoms with Crippen LogP contribution in [-0.2, 0) is 0 Å². The molecule has 0 heteroatoms. The predicted octanol–water partition coefficient (Wildman–Crippen LogP) is 4.74. The fraction of sp³-hybridized carbons (Fsp3) is 1.00. The molecule has 0 spiro atoms. The Morgan fingerprint density at radius 1 is 0.769 bits per heavy atom. The van der Waals surface area contributed by atoms with Gasteiger partial charge in [-0.25, -0.2) is 0 Å². The molecule has 0 bridgehead atoms. The van der Waals surface area contributed by atoms with Gasteiger partial charge in [-0.3, -0.25) is 0 Å². The van der Waals surface area contributed by atoms with Gasteiger partial charge >= 0.3 is 0 Å². The van der Waals surface area contributed by atoms with Crippen LogP contribution in [-0.4, -0.2) is 0 Å². The SMILES string of the molecule is CCC(C)CC(C)C(C)CC(C)C. The fourth-order valence-corrected chi connectivity index (χ4v) is 2.01. The van der Waals surface area contributed by atoms with Crippen molar-refractivity contribution in [2.45, 2.75) is 60.8 Å². The second-order valence-corrected chi connectivity index (χ2v) is 5.33. The van der Waals surface area contributed by atoms with Gasteiger partial charge in [-0.05, 0) is 36.5 Å². The molecule has 3 atom stereocenters. The van der Waals surface area contributed by atoms with Gasteiger partial charge in [0.15, 0.2) is 0 Å². The van der Waals surface area contributed by atoms with Gasteiger partial charge in [0.2, 0.25) is 0 Å². The van der Waals surface area contributed by atoms with Gasteiger partial charge in [0.25, 0.3) is 0 Å². The van der Waals surface area contributed by atoms with E-state index in [9.17, 15) is 0 Å². The molecule has 13 heavy (non-hydrogen) atoms. The molecule has 80 valence electrons. The number of rotatable bonds is 6. The summed E-state index contributed by atoms with van der Waals surface area (Å²) >= 11 is 0. The van der Waals surface area contributed by atoms with Gasteiger partial charge in [-0.2, -0.15) is 0 Å². The van der Waals surface area contributed by atoms with E-state index in [1.807, 2.05) is 0 Å². The van der Waals surface area contributed by atoms with Crippen LogP contribution in [0.3, 0.4) is 0 Å². The van der Waals surface area contributed by atoms with Crippen molar-refractivity contribution in [1.29, 1.82) is 0 Å². The molecule has 0 fully saturated rings. The maximum absolute atomic E-state index is 2.42. The molecule has 0 aromatic heterocycles. The zero-order valence-electron chi connectivity index (χ0n) is 10.4. The molecule has 0 amide bonds. The molecule has 0 N–H and O–H groups in total. The van der Waals surface area contributed by atoms with E-state index in [0.29, 0.717) is 0 Å². The third kappa shape index (κ3) is 6.12. The van der Waals surface area contributed by atoms with Crippen molar-refractivity contribution in [3.8, 4) is 0 Å². The van der Waals surface area contributed by atoms with Crippen molar-refractivity contribution in [3.63, 3.8) is 0 Å². The van der Waals surface area contributed by atoms with Crippen LogP contribution in [0, 0.1) is 23.7 Å². The van der Waals surface area contributed by atoms with E-state index in [2.05, 4.69) is 41.5 Å². The van der Waals surface area contributed by atoms with E-state index in [1.54, 1.807) is 0 Å². The summed E-state index contributed by atoms with van der Waals surface area (Å²) in [4.78, 5) is 0. The second kappa shape index (κ2) is 6.45. The lowest BCUT2D eigenvalue weighted by Gasteiger charge is -2.24. The number of hydrogen-bond donors (Lipinski definition) is 0. The molecular weight excluding hydrogens is 156 g/mol. The first-order chi connectivity index (χ1) is 5.97. The fourth-order valence-electron chi connectivity index (χ4n) is 2.01. The van der Waals surface area contributed by atoms with Crippen LogP contribution in [0.1, 0.15) is 60.8 Å². The maximum Gasteiger partial charge on any atom is -0.0414 e. The van der Waals surface area contributed by atoms with Gasteiger partial charge in [0, 0.05) is 0 Å². The lowest BCUT2D eigenvalue weighted by atomic mass is 9.82. The van der Waals surface area contributed by atoms with E-state index < -0.39 is 0 Å². The van der Waals surface area contributed by atoms with Crippen LogP contribution in [0.25, 0.3) is 0 Å². The summed E-state index contributed by atoms with van der Waals surface area (Å²) in [6.07, 6.45) is 4.13. The van der Waals surface area contributed by atoms with Gasteiger partial charge < -0.3 is 0 Å². The average Bonchev–Trinajstić information content (AvgIpc) is 2.02.